The molecule has 0 saturated carbocycles. The van der Waals surface area contributed by atoms with Crippen molar-refractivity contribution in [1.82, 2.24) is 0 Å². The third-order valence-corrected chi connectivity index (χ3v) is 4.16. The van der Waals surface area contributed by atoms with Crippen LogP contribution in [0.25, 0.3) is 0 Å². The molecule has 1 atom stereocenters. The maximum atomic E-state index is 13.6. The van der Waals surface area contributed by atoms with Crippen molar-refractivity contribution in [2.75, 3.05) is 23.7 Å². The summed E-state index contributed by atoms with van der Waals surface area (Å²) < 4.78 is 13.6. The molecule has 0 amide bonds. The summed E-state index contributed by atoms with van der Waals surface area (Å²) in [5.74, 6) is 0.0494. The van der Waals surface area contributed by atoms with Crippen molar-refractivity contribution in [1.29, 1.82) is 0 Å². The highest BCUT2D eigenvalue weighted by Crippen LogP contribution is 2.35. The van der Waals surface area contributed by atoms with E-state index in [0.717, 1.165) is 25.2 Å². The molecule has 2 nitrogen and oxygen atoms in total. The van der Waals surface area contributed by atoms with Gasteiger partial charge in [0.25, 0.3) is 0 Å². The summed E-state index contributed by atoms with van der Waals surface area (Å²) in [6.07, 6.45) is 1.05. The second-order valence-corrected chi connectivity index (χ2v) is 5.57. The van der Waals surface area contributed by atoms with Gasteiger partial charge in [-0.25, -0.2) is 4.39 Å². The molecule has 4 heteroatoms. The van der Waals surface area contributed by atoms with Crippen molar-refractivity contribution < 1.29 is 4.39 Å². The molecule has 1 unspecified atom stereocenters. The maximum Gasteiger partial charge on any atom is 0.144 e. The number of halogens is 2. The van der Waals surface area contributed by atoms with Gasteiger partial charge in [0, 0.05) is 25.1 Å². The van der Waals surface area contributed by atoms with E-state index in [9.17, 15) is 4.39 Å². The van der Waals surface area contributed by atoms with Crippen LogP contribution in [-0.4, -0.2) is 13.1 Å². The Morgan fingerprint density at radius 3 is 2.70 bits per heavy atom. The molecule has 104 valence electrons. The predicted molar refractivity (Wildman–Crippen MR) is 81.8 cm³/mol. The molecule has 3 rings (SSSR count). The summed E-state index contributed by atoms with van der Waals surface area (Å²) in [4.78, 5) is 2.13. The Hall–Kier alpha value is -1.74. The van der Waals surface area contributed by atoms with E-state index in [-0.39, 0.29) is 5.02 Å². The summed E-state index contributed by atoms with van der Waals surface area (Å²) in [5.41, 5.74) is 8.56. The first-order chi connectivity index (χ1) is 9.65. The SMILES string of the molecule is Nc1cc(Cl)c(F)cc1N1CCC(c2ccccc2)C1. The summed E-state index contributed by atoms with van der Waals surface area (Å²) in [5, 5.41) is 0.0741. The van der Waals surface area contributed by atoms with Crippen LogP contribution >= 0.6 is 11.6 Å². The Labute approximate surface area is 123 Å². The smallest absolute Gasteiger partial charge is 0.144 e. The second kappa shape index (κ2) is 5.33. The van der Waals surface area contributed by atoms with Crippen LogP contribution in [0.2, 0.25) is 5.02 Å². The summed E-state index contributed by atoms with van der Waals surface area (Å²) in [6.45, 7) is 1.74. The van der Waals surface area contributed by atoms with Gasteiger partial charge in [0.05, 0.1) is 16.4 Å². The van der Waals surface area contributed by atoms with Gasteiger partial charge >= 0.3 is 0 Å². The molecule has 0 radical (unpaired) electrons. The largest absolute Gasteiger partial charge is 0.397 e. The van der Waals surface area contributed by atoms with E-state index in [0.29, 0.717) is 11.6 Å². The fourth-order valence-corrected chi connectivity index (χ4v) is 2.97. The fraction of sp³-hybridized carbons (Fsp3) is 0.250. The molecule has 2 aromatic carbocycles. The van der Waals surface area contributed by atoms with E-state index >= 15 is 0 Å². The average molecular weight is 291 g/mol. The molecular weight excluding hydrogens is 275 g/mol. The highest BCUT2D eigenvalue weighted by Gasteiger charge is 2.25. The van der Waals surface area contributed by atoms with E-state index in [1.807, 2.05) is 18.2 Å². The molecule has 20 heavy (non-hydrogen) atoms. The van der Waals surface area contributed by atoms with Gasteiger partial charge in [-0.1, -0.05) is 41.9 Å². The zero-order valence-corrected chi connectivity index (χ0v) is 11.8. The van der Waals surface area contributed by atoms with Crippen molar-refractivity contribution in [2.45, 2.75) is 12.3 Å². The fourth-order valence-electron chi connectivity index (χ4n) is 2.80. The van der Waals surface area contributed by atoms with Gasteiger partial charge in [-0.15, -0.1) is 0 Å². The third kappa shape index (κ3) is 2.46. The number of nitrogens with zero attached hydrogens (tertiary/aromatic N) is 1. The Morgan fingerprint density at radius 2 is 1.95 bits per heavy atom. The van der Waals surface area contributed by atoms with Crippen molar-refractivity contribution in [3.05, 3.63) is 58.9 Å². The first-order valence-corrected chi connectivity index (χ1v) is 7.07. The molecule has 2 aromatic rings. The van der Waals surface area contributed by atoms with Crippen LogP contribution in [0.15, 0.2) is 42.5 Å². The molecule has 0 aliphatic carbocycles. The Morgan fingerprint density at radius 1 is 1.20 bits per heavy atom. The van der Waals surface area contributed by atoms with Gasteiger partial charge < -0.3 is 10.6 Å². The lowest BCUT2D eigenvalue weighted by Crippen LogP contribution is -2.20. The molecule has 1 aliphatic rings. The lowest BCUT2D eigenvalue weighted by atomic mass is 9.99. The first-order valence-electron chi connectivity index (χ1n) is 6.69. The van der Waals surface area contributed by atoms with Crippen LogP contribution in [0.1, 0.15) is 17.9 Å². The predicted octanol–water partition coefficient (Wildman–Crippen LogP) is 4.06. The highest BCUT2D eigenvalue weighted by molar-refractivity contribution is 6.31. The van der Waals surface area contributed by atoms with Crippen LogP contribution in [-0.2, 0) is 0 Å². The highest BCUT2D eigenvalue weighted by atomic mass is 35.5. The molecule has 2 N–H and O–H groups in total. The molecule has 0 aromatic heterocycles. The average Bonchev–Trinajstić information content (AvgIpc) is 2.93. The third-order valence-electron chi connectivity index (χ3n) is 3.87. The monoisotopic (exact) mass is 290 g/mol. The standard InChI is InChI=1S/C16H16ClFN2/c17-13-8-15(19)16(9-14(13)18)20-7-6-12(10-20)11-4-2-1-3-5-11/h1-5,8-9,12H,6-7,10,19H2. The molecule has 1 aliphatic heterocycles. The van der Waals surface area contributed by atoms with Crippen LogP contribution in [0.3, 0.4) is 0 Å². The van der Waals surface area contributed by atoms with Crippen LogP contribution in [0, 0.1) is 5.82 Å². The van der Waals surface area contributed by atoms with Gasteiger partial charge in [-0.05, 0) is 18.1 Å². The van der Waals surface area contributed by atoms with Crippen molar-refractivity contribution >= 4 is 23.0 Å². The summed E-state index contributed by atoms with van der Waals surface area (Å²) in [7, 11) is 0. The van der Waals surface area contributed by atoms with Gasteiger partial charge in [-0.2, -0.15) is 0 Å². The number of rotatable bonds is 2. The number of benzene rings is 2. The maximum absolute atomic E-state index is 13.6. The van der Waals surface area contributed by atoms with Crippen molar-refractivity contribution in [3.63, 3.8) is 0 Å². The summed E-state index contributed by atoms with van der Waals surface area (Å²) in [6, 6.07) is 13.3. The Kier molecular flexibility index (Phi) is 3.53. The minimum atomic E-state index is -0.418. The number of hydrogen-bond donors (Lipinski definition) is 1. The van der Waals surface area contributed by atoms with Crippen LogP contribution in [0.4, 0.5) is 15.8 Å². The lowest BCUT2D eigenvalue weighted by molar-refractivity contribution is 0.628. The second-order valence-electron chi connectivity index (χ2n) is 5.17. The minimum absolute atomic E-state index is 0.0741. The zero-order valence-electron chi connectivity index (χ0n) is 11.0. The van der Waals surface area contributed by atoms with Crippen molar-refractivity contribution in [2.24, 2.45) is 0 Å². The van der Waals surface area contributed by atoms with E-state index in [2.05, 4.69) is 17.0 Å². The number of nitrogens with two attached hydrogens (primary N) is 1. The molecule has 0 bridgehead atoms. The number of nitrogen functional groups attached to an aromatic ring is 1. The van der Waals surface area contributed by atoms with Gasteiger partial charge in [0.15, 0.2) is 0 Å². The van der Waals surface area contributed by atoms with Gasteiger partial charge in [0.1, 0.15) is 5.82 Å². The van der Waals surface area contributed by atoms with Gasteiger partial charge in [0.2, 0.25) is 0 Å². The van der Waals surface area contributed by atoms with Crippen LogP contribution in [0.5, 0.6) is 0 Å². The van der Waals surface area contributed by atoms with E-state index in [1.54, 1.807) is 0 Å². The molecule has 1 heterocycles. The topological polar surface area (TPSA) is 29.3 Å². The first kappa shape index (κ1) is 13.3. The van der Waals surface area contributed by atoms with Crippen LogP contribution < -0.4 is 10.6 Å². The number of anilines is 2. The Balaban J connectivity index is 1.82. The van der Waals surface area contributed by atoms with E-state index in [1.165, 1.54) is 17.7 Å². The lowest BCUT2D eigenvalue weighted by Gasteiger charge is -2.21. The number of hydrogen-bond acceptors (Lipinski definition) is 2. The van der Waals surface area contributed by atoms with E-state index in [4.69, 9.17) is 17.3 Å². The quantitative estimate of drug-likeness (QED) is 0.845. The molecule has 1 fully saturated rings. The van der Waals surface area contributed by atoms with Gasteiger partial charge in [-0.3, -0.25) is 0 Å². The molecule has 0 spiro atoms. The minimum Gasteiger partial charge on any atom is -0.397 e. The molecular formula is C16H16ClFN2. The zero-order chi connectivity index (χ0) is 14.1. The van der Waals surface area contributed by atoms with E-state index < -0.39 is 5.82 Å². The summed E-state index contributed by atoms with van der Waals surface area (Å²) >= 11 is 5.74. The Bertz CT molecular complexity index is 615. The normalized spacial score (nSPS) is 18.5. The van der Waals surface area contributed by atoms with Crippen molar-refractivity contribution in [3.8, 4) is 0 Å². The molecule has 1 saturated heterocycles.